The van der Waals surface area contributed by atoms with Crippen molar-refractivity contribution in [2.75, 3.05) is 25.0 Å². The largest absolute Gasteiger partial charge is 0.396 e. The van der Waals surface area contributed by atoms with Crippen molar-refractivity contribution in [1.29, 1.82) is 0 Å². The Balaban J connectivity index is 2.28. The van der Waals surface area contributed by atoms with Crippen molar-refractivity contribution in [3.05, 3.63) is 28.8 Å². The standard InChI is InChI=1S/C14H20ClN3O3/c1-10-11(15)4-2-5-12(10)18-13(20)6-8-17-14(21)16-7-3-9-19/h2,4-5,19H,3,6-9H2,1H3,(H,18,20)(H2,16,17,21). The summed E-state index contributed by atoms with van der Waals surface area (Å²) >= 11 is 5.97. The first-order chi connectivity index (χ1) is 10.0. The second-order valence-corrected chi connectivity index (χ2v) is 4.88. The molecule has 0 fully saturated rings. The Morgan fingerprint density at radius 2 is 1.95 bits per heavy atom. The van der Waals surface area contributed by atoms with Crippen molar-refractivity contribution in [2.24, 2.45) is 0 Å². The van der Waals surface area contributed by atoms with E-state index in [1.807, 2.05) is 6.92 Å². The number of hydrogen-bond donors (Lipinski definition) is 4. The number of rotatable bonds is 7. The fourth-order valence-electron chi connectivity index (χ4n) is 1.59. The van der Waals surface area contributed by atoms with Gasteiger partial charge in [-0.25, -0.2) is 4.79 Å². The van der Waals surface area contributed by atoms with Crippen LogP contribution in [0, 0.1) is 6.92 Å². The minimum absolute atomic E-state index is 0.0294. The zero-order valence-electron chi connectivity index (χ0n) is 11.9. The summed E-state index contributed by atoms with van der Waals surface area (Å²) in [6.45, 7) is 2.49. The van der Waals surface area contributed by atoms with Gasteiger partial charge in [-0.3, -0.25) is 4.79 Å². The van der Waals surface area contributed by atoms with Gasteiger partial charge in [-0.2, -0.15) is 0 Å². The van der Waals surface area contributed by atoms with Gasteiger partial charge in [0.2, 0.25) is 5.91 Å². The predicted molar refractivity (Wildman–Crippen MR) is 82.5 cm³/mol. The summed E-state index contributed by atoms with van der Waals surface area (Å²) in [6.07, 6.45) is 0.668. The Kier molecular flexibility index (Phi) is 7.56. The van der Waals surface area contributed by atoms with Crippen molar-refractivity contribution in [3.63, 3.8) is 0 Å². The molecule has 21 heavy (non-hydrogen) atoms. The molecule has 0 saturated heterocycles. The Labute approximate surface area is 128 Å². The maximum Gasteiger partial charge on any atom is 0.314 e. The topological polar surface area (TPSA) is 90.5 Å². The number of amides is 3. The number of hydrogen-bond acceptors (Lipinski definition) is 3. The molecule has 0 aliphatic carbocycles. The average Bonchev–Trinajstić information content (AvgIpc) is 2.44. The quantitative estimate of drug-likeness (QED) is 0.577. The average molecular weight is 314 g/mol. The highest BCUT2D eigenvalue weighted by atomic mass is 35.5. The van der Waals surface area contributed by atoms with Gasteiger partial charge in [-0.05, 0) is 31.0 Å². The number of nitrogens with one attached hydrogen (secondary N) is 3. The van der Waals surface area contributed by atoms with Crippen LogP contribution in [-0.2, 0) is 4.79 Å². The molecule has 0 atom stereocenters. The van der Waals surface area contributed by atoms with Crippen LogP contribution in [0.4, 0.5) is 10.5 Å². The van der Waals surface area contributed by atoms with E-state index in [0.29, 0.717) is 23.7 Å². The molecule has 0 saturated carbocycles. The van der Waals surface area contributed by atoms with E-state index in [1.54, 1.807) is 18.2 Å². The van der Waals surface area contributed by atoms with Gasteiger partial charge in [0.05, 0.1) is 0 Å². The van der Waals surface area contributed by atoms with Gasteiger partial charge in [0.15, 0.2) is 0 Å². The van der Waals surface area contributed by atoms with E-state index in [2.05, 4.69) is 16.0 Å². The molecular weight excluding hydrogens is 294 g/mol. The van der Waals surface area contributed by atoms with Crippen molar-refractivity contribution in [2.45, 2.75) is 19.8 Å². The van der Waals surface area contributed by atoms with Crippen LogP contribution in [-0.4, -0.2) is 36.7 Å². The number of aliphatic hydroxyl groups is 1. The number of halogens is 1. The lowest BCUT2D eigenvalue weighted by atomic mass is 10.2. The highest BCUT2D eigenvalue weighted by Crippen LogP contribution is 2.22. The first-order valence-electron chi connectivity index (χ1n) is 6.72. The van der Waals surface area contributed by atoms with Crippen LogP contribution < -0.4 is 16.0 Å². The molecule has 0 aliphatic rings. The van der Waals surface area contributed by atoms with Crippen LogP contribution in [0.3, 0.4) is 0 Å². The molecule has 0 bridgehead atoms. The van der Waals surface area contributed by atoms with E-state index in [9.17, 15) is 9.59 Å². The smallest absolute Gasteiger partial charge is 0.314 e. The van der Waals surface area contributed by atoms with Crippen LogP contribution in [0.15, 0.2) is 18.2 Å². The molecule has 1 rings (SSSR count). The minimum Gasteiger partial charge on any atom is -0.396 e. The number of carbonyl (C=O) groups is 2. The normalized spacial score (nSPS) is 10.0. The lowest BCUT2D eigenvalue weighted by Crippen LogP contribution is -2.37. The number of benzene rings is 1. The molecule has 4 N–H and O–H groups in total. The van der Waals surface area contributed by atoms with Crippen molar-refractivity contribution in [1.82, 2.24) is 10.6 Å². The fraction of sp³-hybridized carbons (Fsp3) is 0.429. The zero-order chi connectivity index (χ0) is 15.7. The molecule has 0 heterocycles. The van der Waals surface area contributed by atoms with Crippen molar-refractivity contribution in [3.8, 4) is 0 Å². The van der Waals surface area contributed by atoms with Crippen LogP contribution in [0.25, 0.3) is 0 Å². The van der Waals surface area contributed by atoms with Gasteiger partial charge < -0.3 is 21.1 Å². The third-order valence-electron chi connectivity index (χ3n) is 2.80. The van der Waals surface area contributed by atoms with Gasteiger partial charge in [-0.15, -0.1) is 0 Å². The lowest BCUT2D eigenvalue weighted by Gasteiger charge is -2.10. The minimum atomic E-state index is -0.352. The van der Waals surface area contributed by atoms with Gasteiger partial charge >= 0.3 is 6.03 Å². The van der Waals surface area contributed by atoms with E-state index < -0.39 is 0 Å². The first-order valence-corrected chi connectivity index (χ1v) is 7.10. The molecule has 0 aliphatic heterocycles. The molecule has 1 aromatic rings. The fourth-order valence-corrected chi connectivity index (χ4v) is 1.76. The number of anilines is 1. The van der Waals surface area contributed by atoms with Crippen LogP contribution >= 0.6 is 11.6 Å². The molecular formula is C14H20ClN3O3. The summed E-state index contributed by atoms with van der Waals surface area (Å²) in [5, 5.41) is 17.0. The summed E-state index contributed by atoms with van der Waals surface area (Å²) in [5.41, 5.74) is 1.47. The van der Waals surface area contributed by atoms with E-state index >= 15 is 0 Å². The SMILES string of the molecule is Cc1c(Cl)cccc1NC(=O)CCNC(=O)NCCCO. The lowest BCUT2D eigenvalue weighted by molar-refractivity contribution is -0.116. The third kappa shape index (κ3) is 6.46. The highest BCUT2D eigenvalue weighted by Gasteiger charge is 2.07. The molecule has 0 aromatic heterocycles. The van der Waals surface area contributed by atoms with E-state index in [-0.39, 0.29) is 31.5 Å². The van der Waals surface area contributed by atoms with Crippen LogP contribution in [0.5, 0.6) is 0 Å². The summed E-state index contributed by atoms with van der Waals surface area (Å²) in [6, 6.07) is 4.94. The summed E-state index contributed by atoms with van der Waals surface area (Å²) in [7, 11) is 0. The molecule has 116 valence electrons. The van der Waals surface area contributed by atoms with E-state index in [1.165, 1.54) is 0 Å². The van der Waals surface area contributed by atoms with Crippen molar-refractivity contribution >= 4 is 29.2 Å². The number of carbonyl (C=O) groups excluding carboxylic acids is 2. The van der Waals surface area contributed by atoms with Gasteiger partial charge in [-0.1, -0.05) is 17.7 Å². The van der Waals surface area contributed by atoms with Gasteiger partial charge in [0, 0.05) is 36.8 Å². The maximum atomic E-state index is 11.8. The first kappa shape index (κ1) is 17.3. The number of aliphatic hydroxyl groups excluding tert-OH is 1. The molecule has 0 unspecified atom stereocenters. The molecule has 0 spiro atoms. The van der Waals surface area contributed by atoms with Crippen LogP contribution in [0.1, 0.15) is 18.4 Å². The molecule has 0 radical (unpaired) electrons. The van der Waals surface area contributed by atoms with E-state index in [0.717, 1.165) is 5.56 Å². The predicted octanol–water partition coefficient (Wildman–Crippen LogP) is 1.66. The summed E-state index contributed by atoms with van der Waals surface area (Å²) in [5.74, 6) is -0.198. The Hall–Kier alpha value is -1.79. The molecule has 6 nitrogen and oxygen atoms in total. The van der Waals surface area contributed by atoms with E-state index in [4.69, 9.17) is 16.7 Å². The second kappa shape index (κ2) is 9.20. The molecule has 1 aromatic carbocycles. The van der Waals surface area contributed by atoms with Gasteiger partial charge in [0.1, 0.15) is 0 Å². The van der Waals surface area contributed by atoms with Gasteiger partial charge in [0.25, 0.3) is 0 Å². The number of urea groups is 1. The van der Waals surface area contributed by atoms with Crippen LogP contribution in [0.2, 0.25) is 5.02 Å². The zero-order valence-corrected chi connectivity index (χ0v) is 12.7. The Morgan fingerprint density at radius 3 is 2.67 bits per heavy atom. The maximum absolute atomic E-state index is 11.8. The Morgan fingerprint density at radius 1 is 1.24 bits per heavy atom. The summed E-state index contributed by atoms with van der Waals surface area (Å²) in [4.78, 5) is 23.1. The molecule has 3 amide bonds. The van der Waals surface area contributed by atoms with Crippen molar-refractivity contribution < 1.29 is 14.7 Å². The monoisotopic (exact) mass is 313 g/mol. The Bertz CT molecular complexity index is 494. The highest BCUT2D eigenvalue weighted by molar-refractivity contribution is 6.31. The second-order valence-electron chi connectivity index (χ2n) is 4.47. The third-order valence-corrected chi connectivity index (χ3v) is 3.21. The molecule has 7 heteroatoms. The summed E-state index contributed by atoms with van der Waals surface area (Å²) < 4.78 is 0.